The zero-order chi connectivity index (χ0) is 15.6. The molecule has 0 saturated carbocycles. The van der Waals surface area contributed by atoms with Crippen molar-refractivity contribution in [3.63, 3.8) is 0 Å². The number of hydrogen-bond acceptors (Lipinski definition) is 2. The summed E-state index contributed by atoms with van der Waals surface area (Å²) in [6, 6.07) is 5.24. The molecular weight excluding hydrogens is 309 g/mol. The maximum absolute atomic E-state index is 12.4. The Morgan fingerprint density at radius 3 is 2.62 bits per heavy atom. The molecule has 0 aliphatic carbocycles. The molecular formula is C15H17Cl2N3O. The molecule has 0 aliphatic rings. The molecule has 0 saturated heterocycles. The lowest BCUT2D eigenvalue weighted by atomic mass is 9.84. The van der Waals surface area contributed by atoms with Gasteiger partial charge in [-0.15, -0.1) is 0 Å². The fraction of sp³-hybridized carbons (Fsp3) is 0.333. The summed E-state index contributed by atoms with van der Waals surface area (Å²) in [4.78, 5) is 16.6. The largest absolute Gasteiger partial charge is 0.348 e. The Balaban J connectivity index is 2.12. The lowest BCUT2D eigenvalue weighted by molar-refractivity contribution is -0.125. The minimum Gasteiger partial charge on any atom is -0.348 e. The highest BCUT2D eigenvalue weighted by Gasteiger charge is 2.30. The number of carbonyl (C=O) groups is 1. The fourth-order valence-corrected chi connectivity index (χ4v) is 2.26. The predicted molar refractivity (Wildman–Crippen MR) is 84.5 cm³/mol. The van der Waals surface area contributed by atoms with E-state index in [0.29, 0.717) is 16.6 Å². The zero-order valence-corrected chi connectivity index (χ0v) is 13.7. The molecule has 2 rings (SSSR count). The van der Waals surface area contributed by atoms with E-state index in [1.807, 2.05) is 37.7 Å². The smallest absolute Gasteiger partial charge is 0.230 e. The van der Waals surface area contributed by atoms with Crippen molar-refractivity contribution in [1.29, 1.82) is 0 Å². The highest BCUT2D eigenvalue weighted by atomic mass is 35.5. The van der Waals surface area contributed by atoms with E-state index in [4.69, 9.17) is 23.2 Å². The normalized spacial score (nSPS) is 11.5. The number of aromatic nitrogens is 2. The predicted octanol–water partition coefficient (Wildman–Crippen LogP) is 3.32. The van der Waals surface area contributed by atoms with Gasteiger partial charge in [0.15, 0.2) is 0 Å². The van der Waals surface area contributed by atoms with Gasteiger partial charge in [0, 0.05) is 19.4 Å². The second-order valence-corrected chi connectivity index (χ2v) is 6.21. The van der Waals surface area contributed by atoms with Gasteiger partial charge in [0.1, 0.15) is 5.82 Å². The molecule has 1 heterocycles. The number of halogens is 2. The van der Waals surface area contributed by atoms with Crippen LogP contribution in [0, 0.1) is 0 Å². The Labute approximate surface area is 134 Å². The second kappa shape index (κ2) is 6.08. The molecule has 0 aliphatic heterocycles. The zero-order valence-electron chi connectivity index (χ0n) is 12.2. The molecule has 0 radical (unpaired) electrons. The third kappa shape index (κ3) is 3.39. The maximum atomic E-state index is 12.4. The van der Waals surface area contributed by atoms with E-state index in [1.54, 1.807) is 18.3 Å². The molecule has 0 unspecified atom stereocenters. The van der Waals surface area contributed by atoms with Crippen LogP contribution in [0.4, 0.5) is 0 Å². The quantitative estimate of drug-likeness (QED) is 0.937. The van der Waals surface area contributed by atoms with Crippen LogP contribution < -0.4 is 5.32 Å². The molecule has 2 aromatic rings. The van der Waals surface area contributed by atoms with Gasteiger partial charge < -0.3 is 9.88 Å². The first-order valence-electron chi connectivity index (χ1n) is 6.52. The lowest BCUT2D eigenvalue weighted by Gasteiger charge is -2.24. The molecule has 6 heteroatoms. The molecule has 0 fully saturated rings. The Hall–Kier alpha value is -1.52. The first-order valence-corrected chi connectivity index (χ1v) is 7.28. The SMILES string of the molecule is Cn1ccnc1CNC(=O)C(C)(C)c1ccc(Cl)c(Cl)c1. The third-order valence-electron chi connectivity index (χ3n) is 3.54. The van der Waals surface area contributed by atoms with Crippen molar-refractivity contribution in [2.24, 2.45) is 7.05 Å². The number of rotatable bonds is 4. The molecule has 1 aromatic heterocycles. The standard InChI is InChI=1S/C15H17Cl2N3O/c1-15(2,10-4-5-11(16)12(17)8-10)14(21)19-9-13-18-6-7-20(13)3/h4-8H,9H2,1-3H3,(H,19,21). The number of carbonyl (C=O) groups excluding carboxylic acids is 1. The summed E-state index contributed by atoms with van der Waals surface area (Å²) in [6.45, 7) is 4.08. The summed E-state index contributed by atoms with van der Waals surface area (Å²) in [7, 11) is 1.89. The van der Waals surface area contributed by atoms with E-state index in [0.717, 1.165) is 11.4 Å². The van der Waals surface area contributed by atoms with Crippen LogP contribution in [-0.2, 0) is 23.8 Å². The van der Waals surface area contributed by atoms with Crippen molar-refractivity contribution in [2.75, 3.05) is 0 Å². The molecule has 0 spiro atoms. The van der Waals surface area contributed by atoms with Crippen molar-refractivity contribution in [3.8, 4) is 0 Å². The van der Waals surface area contributed by atoms with E-state index >= 15 is 0 Å². The minimum absolute atomic E-state index is 0.0936. The van der Waals surface area contributed by atoms with Gasteiger partial charge in [-0.25, -0.2) is 4.98 Å². The topological polar surface area (TPSA) is 46.9 Å². The van der Waals surface area contributed by atoms with Crippen molar-refractivity contribution in [2.45, 2.75) is 25.8 Å². The first kappa shape index (κ1) is 15.9. The van der Waals surface area contributed by atoms with E-state index < -0.39 is 5.41 Å². The van der Waals surface area contributed by atoms with Crippen LogP contribution in [0.15, 0.2) is 30.6 Å². The summed E-state index contributed by atoms with van der Waals surface area (Å²) < 4.78 is 1.87. The number of hydrogen-bond donors (Lipinski definition) is 1. The second-order valence-electron chi connectivity index (χ2n) is 5.39. The number of imidazole rings is 1. The average molecular weight is 326 g/mol. The molecule has 1 N–H and O–H groups in total. The van der Waals surface area contributed by atoms with Gasteiger partial charge in [-0.1, -0.05) is 29.3 Å². The van der Waals surface area contributed by atoms with Crippen LogP contribution in [0.25, 0.3) is 0 Å². The van der Waals surface area contributed by atoms with Crippen LogP contribution >= 0.6 is 23.2 Å². The van der Waals surface area contributed by atoms with Crippen molar-refractivity contribution >= 4 is 29.1 Å². The highest BCUT2D eigenvalue weighted by molar-refractivity contribution is 6.42. The van der Waals surface area contributed by atoms with Crippen molar-refractivity contribution < 1.29 is 4.79 Å². The third-order valence-corrected chi connectivity index (χ3v) is 4.28. The maximum Gasteiger partial charge on any atom is 0.230 e. The lowest BCUT2D eigenvalue weighted by Crippen LogP contribution is -2.40. The molecule has 0 atom stereocenters. The Morgan fingerprint density at radius 2 is 2.05 bits per heavy atom. The van der Waals surface area contributed by atoms with E-state index in [-0.39, 0.29) is 5.91 Å². The monoisotopic (exact) mass is 325 g/mol. The Morgan fingerprint density at radius 1 is 1.33 bits per heavy atom. The van der Waals surface area contributed by atoms with Crippen LogP contribution in [-0.4, -0.2) is 15.5 Å². The molecule has 1 aromatic carbocycles. The number of nitrogens with zero attached hydrogens (tertiary/aromatic N) is 2. The van der Waals surface area contributed by atoms with Crippen LogP contribution in [0.3, 0.4) is 0 Å². The number of amides is 1. The summed E-state index contributed by atoms with van der Waals surface area (Å²) in [5.41, 5.74) is 0.105. The number of benzene rings is 1. The van der Waals surface area contributed by atoms with Gasteiger partial charge in [0.05, 0.1) is 22.0 Å². The van der Waals surface area contributed by atoms with Crippen molar-refractivity contribution in [3.05, 3.63) is 52.0 Å². The number of aryl methyl sites for hydroxylation is 1. The molecule has 0 bridgehead atoms. The van der Waals surface area contributed by atoms with E-state index in [1.165, 1.54) is 0 Å². The van der Waals surface area contributed by atoms with Gasteiger partial charge in [0.25, 0.3) is 0 Å². The van der Waals surface area contributed by atoms with Crippen molar-refractivity contribution in [1.82, 2.24) is 14.9 Å². The molecule has 21 heavy (non-hydrogen) atoms. The Bertz CT molecular complexity index is 665. The average Bonchev–Trinajstić information content (AvgIpc) is 2.84. The van der Waals surface area contributed by atoms with Gasteiger partial charge >= 0.3 is 0 Å². The first-order chi connectivity index (χ1) is 9.82. The van der Waals surface area contributed by atoms with Gasteiger partial charge in [-0.3, -0.25) is 4.79 Å². The minimum atomic E-state index is -0.709. The molecule has 112 valence electrons. The summed E-state index contributed by atoms with van der Waals surface area (Å²) >= 11 is 11.9. The summed E-state index contributed by atoms with van der Waals surface area (Å²) in [5.74, 6) is 0.706. The van der Waals surface area contributed by atoms with Gasteiger partial charge in [-0.2, -0.15) is 0 Å². The van der Waals surface area contributed by atoms with Crippen LogP contribution in [0.5, 0.6) is 0 Å². The van der Waals surface area contributed by atoms with Crippen LogP contribution in [0.2, 0.25) is 10.0 Å². The molecule has 4 nitrogen and oxygen atoms in total. The fourth-order valence-electron chi connectivity index (χ4n) is 1.96. The van der Waals surface area contributed by atoms with Gasteiger partial charge in [0.2, 0.25) is 5.91 Å². The van der Waals surface area contributed by atoms with E-state index in [9.17, 15) is 4.79 Å². The van der Waals surface area contributed by atoms with Gasteiger partial charge in [-0.05, 0) is 31.5 Å². The number of nitrogens with one attached hydrogen (secondary N) is 1. The summed E-state index contributed by atoms with van der Waals surface area (Å²) in [6.07, 6.45) is 3.54. The highest BCUT2D eigenvalue weighted by Crippen LogP contribution is 2.30. The Kier molecular flexibility index (Phi) is 4.59. The molecule has 1 amide bonds. The summed E-state index contributed by atoms with van der Waals surface area (Å²) in [5, 5.41) is 3.82. The van der Waals surface area contributed by atoms with E-state index in [2.05, 4.69) is 10.3 Å². The van der Waals surface area contributed by atoms with Crippen LogP contribution in [0.1, 0.15) is 25.2 Å².